The van der Waals surface area contributed by atoms with Crippen LogP contribution in [0.5, 0.6) is 0 Å². The van der Waals surface area contributed by atoms with Gasteiger partial charge in [-0.05, 0) is 24.3 Å². The summed E-state index contributed by atoms with van der Waals surface area (Å²) in [5, 5.41) is 3.06. The smallest absolute Gasteiger partial charge is 0.351 e. The van der Waals surface area contributed by atoms with E-state index in [1.807, 2.05) is 24.3 Å². The number of fused-ring (bicyclic) bond motifs is 1. The molecule has 1 fully saturated rings. The molecule has 1 aliphatic heterocycles. The van der Waals surface area contributed by atoms with Gasteiger partial charge in [0.2, 0.25) is 5.91 Å². The Kier molecular flexibility index (Phi) is 6.12. The molecule has 0 saturated carbocycles. The second-order valence-electron chi connectivity index (χ2n) is 7.55. The van der Waals surface area contributed by atoms with Gasteiger partial charge in [-0.1, -0.05) is 35.9 Å². The molecule has 0 radical (unpaired) electrons. The first kappa shape index (κ1) is 22.2. The number of piperazine rings is 1. The molecule has 2 N–H and O–H groups in total. The fourth-order valence-corrected chi connectivity index (χ4v) is 3.96. The van der Waals surface area contributed by atoms with Gasteiger partial charge in [0.05, 0.1) is 22.8 Å². The zero-order valence-electron chi connectivity index (χ0n) is 16.9. The van der Waals surface area contributed by atoms with Crippen LogP contribution in [0.4, 0.5) is 18.9 Å². The fourth-order valence-electron chi connectivity index (χ4n) is 3.74. The van der Waals surface area contributed by atoms with Crippen molar-refractivity contribution in [3.8, 4) is 0 Å². The predicted octanol–water partition coefficient (Wildman–Crippen LogP) is 4.24. The van der Waals surface area contributed by atoms with Crippen LogP contribution in [0.25, 0.3) is 10.9 Å². The summed E-state index contributed by atoms with van der Waals surface area (Å²) in [5.41, 5.74) is -0.0638. The lowest BCUT2D eigenvalue weighted by molar-refractivity contribution is -0.137. The second-order valence-corrected chi connectivity index (χ2v) is 7.95. The first-order valence-corrected chi connectivity index (χ1v) is 10.3. The Hall–Kier alpha value is -3.04. The van der Waals surface area contributed by atoms with E-state index in [9.17, 15) is 22.8 Å². The van der Waals surface area contributed by atoms with Gasteiger partial charge in [-0.2, -0.15) is 13.2 Å². The molecule has 0 aliphatic carbocycles. The minimum atomic E-state index is -4.64. The van der Waals surface area contributed by atoms with Crippen molar-refractivity contribution in [3.05, 3.63) is 64.8 Å². The number of hydrogen-bond donors (Lipinski definition) is 2. The first-order chi connectivity index (χ1) is 15.2. The molecule has 2 aromatic carbocycles. The van der Waals surface area contributed by atoms with Gasteiger partial charge < -0.3 is 15.2 Å². The lowest BCUT2D eigenvalue weighted by Gasteiger charge is -2.34. The minimum absolute atomic E-state index is 0.100. The van der Waals surface area contributed by atoms with E-state index in [2.05, 4.69) is 10.3 Å². The summed E-state index contributed by atoms with van der Waals surface area (Å²) in [5.74, 6) is -0.727. The number of H-pyrrole nitrogens is 1. The molecule has 168 valence electrons. The number of amides is 2. The van der Waals surface area contributed by atoms with E-state index in [1.165, 1.54) is 12.1 Å². The minimum Gasteiger partial charge on any atom is -0.351 e. The van der Waals surface area contributed by atoms with Crippen LogP contribution < -0.4 is 5.32 Å². The molecule has 2 heterocycles. The largest absolute Gasteiger partial charge is 0.418 e. The van der Waals surface area contributed by atoms with Gasteiger partial charge in [0.15, 0.2) is 0 Å². The molecule has 1 aliphatic rings. The van der Waals surface area contributed by atoms with Crippen LogP contribution in [0.1, 0.15) is 16.1 Å². The van der Waals surface area contributed by atoms with Crippen LogP contribution in [0.15, 0.2) is 48.5 Å². The Balaban J connectivity index is 1.34. The predicted molar refractivity (Wildman–Crippen MR) is 116 cm³/mol. The third-order valence-corrected chi connectivity index (χ3v) is 5.69. The summed E-state index contributed by atoms with van der Waals surface area (Å²) in [7, 11) is 0. The van der Waals surface area contributed by atoms with E-state index in [1.54, 1.807) is 15.9 Å². The van der Waals surface area contributed by atoms with Gasteiger partial charge in [0, 0.05) is 37.1 Å². The van der Waals surface area contributed by atoms with Crippen molar-refractivity contribution >= 4 is 40.0 Å². The lowest BCUT2D eigenvalue weighted by atomic mass is 10.1. The Morgan fingerprint density at radius 3 is 2.44 bits per heavy atom. The van der Waals surface area contributed by atoms with Crippen LogP contribution >= 0.6 is 11.6 Å². The van der Waals surface area contributed by atoms with Crippen LogP contribution in [-0.4, -0.2) is 59.3 Å². The highest BCUT2D eigenvalue weighted by Crippen LogP contribution is 2.38. The molecule has 0 spiro atoms. The van der Waals surface area contributed by atoms with Crippen molar-refractivity contribution in [2.24, 2.45) is 0 Å². The zero-order chi connectivity index (χ0) is 22.9. The zero-order valence-corrected chi connectivity index (χ0v) is 17.6. The molecule has 1 saturated heterocycles. The highest BCUT2D eigenvalue weighted by molar-refractivity contribution is 6.34. The lowest BCUT2D eigenvalue weighted by Crippen LogP contribution is -2.50. The summed E-state index contributed by atoms with van der Waals surface area (Å²) >= 11 is 5.89. The number of aromatic nitrogens is 1. The molecule has 0 atom stereocenters. The van der Waals surface area contributed by atoms with Crippen molar-refractivity contribution in [1.29, 1.82) is 0 Å². The van der Waals surface area contributed by atoms with Crippen LogP contribution in [0.3, 0.4) is 0 Å². The SMILES string of the molecule is O=C(CN1CCN(C(=O)c2cc3ccccc3[nH]2)CC1)Nc1c(Cl)cccc1C(F)(F)F. The number of nitrogens with one attached hydrogen (secondary N) is 2. The molecule has 4 rings (SSSR count). The van der Waals surface area contributed by atoms with Crippen LogP contribution in [0.2, 0.25) is 5.02 Å². The molecule has 1 aromatic heterocycles. The Morgan fingerprint density at radius 1 is 1.03 bits per heavy atom. The van der Waals surface area contributed by atoms with E-state index >= 15 is 0 Å². The standard InChI is InChI=1S/C22H20ClF3N4O2/c23-16-6-3-5-15(22(24,25)26)20(16)28-19(31)13-29-8-10-30(11-9-29)21(32)18-12-14-4-1-2-7-17(14)27-18/h1-7,12,27H,8-11,13H2,(H,28,31). The average molecular weight is 465 g/mol. The molecule has 2 amide bonds. The summed E-state index contributed by atoms with van der Waals surface area (Å²) < 4.78 is 39.6. The number of carbonyl (C=O) groups excluding carboxylic acids is 2. The Morgan fingerprint density at radius 2 is 1.75 bits per heavy atom. The highest BCUT2D eigenvalue weighted by Gasteiger charge is 2.35. The van der Waals surface area contributed by atoms with Crippen molar-refractivity contribution in [2.75, 3.05) is 38.0 Å². The Bertz CT molecular complexity index is 1120. The van der Waals surface area contributed by atoms with Gasteiger partial charge in [-0.25, -0.2) is 0 Å². The van der Waals surface area contributed by atoms with Gasteiger partial charge in [0.25, 0.3) is 5.91 Å². The quantitative estimate of drug-likeness (QED) is 0.607. The van der Waals surface area contributed by atoms with Gasteiger partial charge in [-0.15, -0.1) is 0 Å². The monoisotopic (exact) mass is 464 g/mol. The maximum Gasteiger partial charge on any atom is 0.418 e. The molecule has 3 aromatic rings. The summed E-state index contributed by atoms with van der Waals surface area (Å²) in [6.45, 7) is 1.56. The molecule has 6 nitrogen and oxygen atoms in total. The normalized spacial score (nSPS) is 15.2. The van der Waals surface area contributed by atoms with Gasteiger partial charge >= 0.3 is 6.18 Å². The van der Waals surface area contributed by atoms with Crippen LogP contribution in [0, 0.1) is 0 Å². The van der Waals surface area contributed by atoms with E-state index in [4.69, 9.17) is 11.6 Å². The number of alkyl halides is 3. The summed E-state index contributed by atoms with van der Waals surface area (Å²) in [6, 6.07) is 12.8. The average Bonchev–Trinajstić information content (AvgIpc) is 3.19. The number of carbonyl (C=O) groups is 2. The molecular weight excluding hydrogens is 445 g/mol. The fraction of sp³-hybridized carbons (Fsp3) is 0.273. The maximum absolute atomic E-state index is 13.2. The number of para-hydroxylation sites is 2. The van der Waals surface area contributed by atoms with Crippen molar-refractivity contribution in [2.45, 2.75) is 6.18 Å². The number of nitrogens with zero attached hydrogens (tertiary/aromatic N) is 2. The van der Waals surface area contributed by atoms with Crippen molar-refractivity contribution in [1.82, 2.24) is 14.8 Å². The number of rotatable bonds is 4. The second kappa shape index (κ2) is 8.84. The van der Waals surface area contributed by atoms with E-state index in [0.29, 0.717) is 31.9 Å². The maximum atomic E-state index is 13.2. The molecule has 0 bridgehead atoms. The number of benzene rings is 2. The van der Waals surface area contributed by atoms with E-state index in [0.717, 1.165) is 17.0 Å². The van der Waals surface area contributed by atoms with Crippen molar-refractivity contribution < 1.29 is 22.8 Å². The highest BCUT2D eigenvalue weighted by atomic mass is 35.5. The molecule has 32 heavy (non-hydrogen) atoms. The topological polar surface area (TPSA) is 68.4 Å². The van der Waals surface area contributed by atoms with Gasteiger partial charge in [0.1, 0.15) is 5.69 Å². The summed E-state index contributed by atoms with van der Waals surface area (Å²) in [4.78, 5) is 31.8. The third-order valence-electron chi connectivity index (χ3n) is 5.37. The summed E-state index contributed by atoms with van der Waals surface area (Å²) in [6.07, 6.45) is -4.64. The van der Waals surface area contributed by atoms with Crippen molar-refractivity contribution in [3.63, 3.8) is 0 Å². The molecular formula is C22H20ClF3N4O2. The molecule has 10 heteroatoms. The van der Waals surface area contributed by atoms with E-state index in [-0.39, 0.29) is 17.5 Å². The third kappa shape index (κ3) is 4.73. The first-order valence-electron chi connectivity index (χ1n) is 9.97. The van der Waals surface area contributed by atoms with E-state index < -0.39 is 23.3 Å². The number of halogens is 4. The Labute approximate surface area is 186 Å². The van der Waals surface area contributed by atoms with Crippen LogP contribution in [-0.2, 0) is 11.0 Å². The van der Waals surface area contributed by atoms with Gasteiger partial charge in [-0.3, -0.25) is 14.5 Å². The number of anilines is 1. The number of aromatic amines is 1. The number of hydrogen-bond acceptors (Lipinski definition) is 3. The molecule has 0 unspecified atom stereocenters.